The first-order chi connectivity index (χ1) is 14.0. The van der Waals surface area contributed by atoms with Gasteiger partial charge in [-0.25, -0.2) is 4.98 Å². The molecule has 0 aliphatic carbocycles. The highest BCUT2D eigenvalue weighted by Crippen LogP contribution is 2.34. The summed E-state index contributed by atoms with van der Waals surface area (Å²) in [6.07, 6.45) is 1.86. The molecule has 0 unspecified atom stereocenters. The Balaban J connectivity index is 1.89. The summed E-state index contributed by atoms with van der Waals surface area (Å²) in [6.45, 7) is 1.44. The molecule has 0 aliphatic heterocycles. The third-order valence-corrected chi connectivity index (χ3v) is 4.65. The van der Waals surface area contributed by atoms with Gasteiger partial charge in [-0.05, 0) is 42.5 Å². The third kappa shape index (κ3) is 4.00. The molecule has 1 amide bonds. The molecule has 29 heavy (non-hydrogen) atoms. The number of imidazole rings is 1. The maximum absolute atomic E-state index is 11.4. The molecule has 1 aromatic heterocycles. The summed E-state index contributed by atoms with van der Waals surface area (Å²) in [5.41, 5.74) is 3.47. The lowest BCUT2D eigenvalue weighted by Gasteiger charge is -2.07. The Labute approximate surface area is 173 Å². The van der Waals surface area contributed by atoms with Crippen molar-refractivity contribution in [2.45, 2.75) is 6.92 Å². The number of phenols is 1. The maximum atomic E-state index is 11.4. The van der Waals surface area contributed by atoms with Crippen LogP contribution in [0.25, 0.3) is 28.3 Å². The monoisotopic (exact) mass is 403 g/mol. The van der Waals surface area contributed by atoms with E-state index in [1.165, 1.54) is 6.92 Å². The van der Waals surface area contributed by atoms with Crippen LogP contribution in [0.1, 0.15) is 6.92 Å². The van der Waals surface area contributed by atoms with E-state index in [1.54, 1.807) is 18.2 Å². The number of phenolic OH excluding ortho intramolecular Hbond substituents is 1. The first-order valence-corrected chi connectivity index (χ1v) is 9.41. The highest BCUT2D eigenvalue weighted by atomic mass is 35.5. The molecule has 144 valence electrons. The van der Waals surface area contributed by atoms with Gasteiger partial charge in [0.05, 0.1) is 5.69 Å². The Kier molecular flexibility index (Phi) is 5.06. The zero-order chi connectivity index (χ0) is 20.4. The number of hydrogen-bond acceptors (Lipinski definition) is 3. The van der Waals surface area contributed by atoms with Crippen molar-refractivity contribution in [3.8, 4) is 34.1 Å². The van der Waals surface area contributed by atoms with E-state index in [4.69, 9.17) is 16.6 Å². The standard InChI is InChI=1S/C23H18ClN3O2/c1-15(28)25-18-10-11-22(29)20(13-18)21-14-27(19-8-3-2-4-9-19)23(26-21)16-6-5-7-17(24)12-16/h2-14,29H,1H3,(H,25,28). The van der Waals surface area contributed by atoms with Crippen LogP contribution >= 0.6 is 11.6 Å². The number of aromatic hydroxyl groups is 1. The number of hydrogen-bond donors (Lipinski definition) is 2. The van der Waals surface area contributed by atoms with E-state index < -0.39 is 0 Å². The van der Waals surface area contributed by atoms with Gasteiger partial charge in [0.1, 0.15) is 11.6 Å². The van der Waals surface area contributed by atoms with Crippen LogP contribution in [-0.4, -0.2) is 20.6 Å². The number of nitrogens with one attached hydrogen (secondary N) is 1. The van der Waals surface area contributed by atoms with Crippen molar-refractivity contribution in [2.24, 2.45) is 0 Å². The number of carbonyl (C=O) groups is 1. The van der Waals surface area contributed by atoms with Crippen molar-refractivity contribution in [3.63, 3.8) is 0 Å². The van der Waals surface area contributed by atoms with Crippen LogP contribution in [0.3, 0.4) is 0 Å². The van der Waals surface area contributed by atoms with Crippen molar-refractivity contribution >= 4 is 23.2 Å². The van der Waals surface area contributed by atoms with E-state index in [9.17, 15) is 9.90 Å². The molecule has 0 aliphatic rings. The Morgan fingerprint density at radius 3 is 2.55 bits per heavy atom. The normalized spacial score (nSPS) is 10.7. The fourth-order valence-electron chi connectivity index (χ4n) is 3.15. The largest absolute Gasteiger partial charge is 0.507 e. The fourth-order valence-corrected chi connectivity index (χ4v) is 3.34. The minimum absolute atomic E-state index is 0.0782. The summed E-state index contributed by atoms with van der Waals surface area (Å²) in [4.78, 5) is 16.2. The Bertz CT molecular complexity index is 1190. The van der Waals surface area contributed by atoms with Gasteiger partial charge in [-0.1, -0.05) is 41.9 Å². The number of para-hydroxylation sites is 1. The average molecular weight is 404 g/mol. The molecule has 0 saturated heterocycles. The highest BCUT2D eigenvalue weighted by molar-refractivity contribution is 6.30. The molecule has 6 heteroatoms. The molecule has 0 spiro atoms. The van der Waals surface area contributed by atoms with Crippen LogP contribution < -0.4 is 5.32 Å². The van der Waals surface area contributed by atoms with Gasteiger partial charge in [0.15, 0.2) is 0 Å². The van der Waals surface area contributed by atoms with Gasteiger partial charge in [0.25, 0.3) is 0 Å². The number of anilines is 1. The number of amides is 1. The van der Waals surface area contributed by atoms with Crippen molar-refractivity contribution in [1.29, 1.82) is 0 Å². The summed E-state index contributed by atoms with van der Waals surface area (Å²) in [5.74, 6) is 0.587. The lowest BCUT2D eigenvalue weighted by molar-refractivity contribution is -0.114. The van der Waals surface area contributed by atoms with Crippen molar-refractivity contribution in [2.75, 3.05) is 5.32 Å². The summed E-state index contributed by atoms with van der Waals surface area (Å²) in [5, 5.41) is 13.8. The topological polar surface area (TPSA) is 67.2 Å². The van der Waals surface area contributed by atoms with Crippen molar-refractivity contribution in [3.05, 3.63) is 84.0 Å². The molecular weight excluding hydrogens is 386 g/mol. The number of aromatic nitrogens is 2. The molecule has 4 aromatic rings. The summed E-state index contributed by atoms with van der Waals surface area (Å²) in [6, 6.07) is 22.2. The summed E-state index contributed by atoms with van der Waals surface area (Å²) in [7, 11) is 0. The molecule has 0 fully saturated rings. The number of nitrogens with zero attached hydrogens (tertiary/aromatic N) is 2. The van der Waals surface area contributed by atoms with Gasteiger partial charge in [-0.15, -0.1) is 0 Å². The maximum Gasteiger partial charge on any atom is 0.221 e. The number of rotatable bonds is 4. The van der Waals surface area contributed by atoms with Crippen LogP contribution in [0.15, 0.2) is 79.0 Å². The zero-order valence-electron chi connectivity index (χ0n) is 15.6. The van der Waals surface area contributed by atoms with E-state index >= 15 is 0 Å². The van der Waals surface area contributed by atoms with Gasteiger partial charge in [0, 0.05) is 40.6 Å². The minimum atomic E-state index is -0.184. The fraction of sp³-hybridized carbons (Fsp3) is 0.0435. The highest BCUT2D eigenvalue weighted by Gasteiger charge is 2.16. The molecule has 5 nitrogen and oxygen atoms in total. The molecule has 2 N–H and O–H groups in total. The second-order valence-electron chi connectivity index (χ2n) is 6.58. The first kappa shape index (κ1) is 18.8. The van der Waals surface area contributed by atoms with E-state index in [0.29, 0.717) is 27.8 Å². The lowest BCUT2D eigenvalue weighted by Crippen LogP contribution is -2.05. The van der Waals surface area contributed by atoms with E-state index in [1.807, 2.05) is 65.4 Å². The number of benzene rings is 3. The second kappa shape index (κ2) is 7.81. The van der Waals surface area contributed by atoms with Crippen LogP contribution in [0, 0.1) is 0 Å². The quantitative estimate of drug-likeness (QED) is 0.440. The number of carbonyl (C=O) groups excluding carboxylic acids is 1. The molecule has 3 aromatic carbocycles. The van der Waals surface area contributed by atoms with E-state index in [2.05, 4.69) is 5.32 Å². The minimum Gasteiger partial charge on any atom is -0.507 e. The smallest absolute Gasteiger partial charge is 0.221 e. The molecular formula is C23H18ClN3O2. The predicted octanol–water partition coefficient (Wildman–Crippen LogP) is 5.52. The average Bonchev–Trinajstić information content (AvgIpc) is 3.15. The predicted molar refractivity (Wildman–Crippen MR) is 115 cm³/mol. The van der Waals surface area contributed by atoms with Crippen LogP contribution in [-0.2, 0) is 4.79 Å². The first-order valence-electron chi connectivity index (χ1n) is 9.03. The third-order valence-electron chi connectivity index (χ3n) is 4.42. The Morgan fingerprint density at radius 2 is 1.83 bits per heavy atom. The van der Waals surface area contributed by atoms with Crippen molar-refractivity contribution in [1.82, 2.24) is 9.55 Å². The molecule has 0 radical (unpaired) electrons. The number of halogens is 1. The molecule has 0 saturated carbocycles. The lowest BCUT2D eigenvalue weighted by atomic mass is 10.1. The SMILES string of the molecule is CC(=O)Nc1ccc(O)c(-c2cn(-c3ccccc3)c(-c3cccc(Cl)c3)n2)c1. The molecule has 1 heterocycles. The summed E-state index contributed by atoms with van der Waals surface area (Å²) < 4.78 is 1.95. The molecule has 0 atom stereocenters. The van der Waals surface area contributed by atoms with Crippen LogP contribution in [0.4, 0.5) is 5.69 Å². The molecule has 0 bridgehead atoms. The summed E-state index contributed by atoms with van der Waals surface area (Å²) >= 11 is 6.19. The Morgan fingerprint density at radius 1 is 1.03 bits per heavy atom. The van der Waals surface area contributed by atoms with Gasteiger partial charge in [-0.2, -0.15) is 0 Å². The zero-order valence-corrected chi connectivity index (χ0v) is 16.4. The molecule has 4 rings (SSSR count). The van der Waals surface area contributed by atoms with E-state index in [-0.39, 0.29) is 11.7 Å². The van der Waals surface area contributed by atoms with Gasteiger partial charge < -0.3 is 10.4 Å². The van der Waals surface area contributed by atoms with Gasteiger partial charge in [-0.3, -0.25) is 9.36 Å². The van der Waals surface area contributed by atoms with Crippen LogP contribution in [0.5, 0.6) is 5.75 Å². The Hall–Kier alpha value is -3.57. The van der Waals surface area contributed by atoms with E-state index in [0.717, 1.165) is 11.3 Å². The van der Waals surface area contributed by atoms with Crippen LogP contribution in [0.2, 0.25) is 5.02 Å². The van der Waals surface area contributed by atoms with Gasteiger partial charge >= 0.3 is 0 Å². The van der Waals surface area contributed by atoms with Crippen molar-refractivity contribution < 1.29 is 9.90 Å². The van der Waals surface area contributed by atoms with Gasteiger partial charge in [0.2, 0.25) is 5.91 Å². The second-order valence-corrected chi connectivity index (χ2v) is 7.02.